The summed E-state index contributed by atoms with van der Waals surface area (Å²) in [6.07, 6.45) is 1.27. The number of rotatable bonds is 4. The summed E-state index contributed by atoms with van der Waals surface area (Å²) in [6, 6.07) is 10.4. The third-order valence-corrected chi connectivity index (χ3v) is 1.58. The normalized spacial score (nSPS) is 8.64. The number of carbonyl (C=O) groups excluding carboxylic acids is 1. The second-order valence-corrected chi connectivity index (χ2v) is 2.57. The lowest BCUT2D eigenvalue weighted by molar-refractivity contribution is -0.106. The zero-order valence-electron chi connectivity index (χ0n) is 8.48. The standard InChI is InChI=1S/C10H14O.CH3NO/c1-2-11-9-8-10-6-4-3-5-7-10;2-1-3/h3-7H,2,8-9H2,1H3;1H,(H2,2,3). The molecule has 0 atom stereocenters. The highest BCUT2D eigenvalue weighted by atomic mass is 16.5. The highest BCUT2D eigenvalue weighted by molar-refractivity contribution is 5.42. The largest absolute Gasteiger partial charge is 0.381 e. The fraction of sp³-hybridized carbons (Fsp3) is 0.364. The first-order chi connectivity index (χ1) is 6.85. The van der Waals surface area contributed by atoms with Crippen LogP contribution >= 0.6 is 0 Å². The van der Waals surface area contributed by atoms with Gasteiger partial charge in [-0.2, -0.15) is 0 Å². The van der Waals surface area contributed by atoms with Gasteiger partial charge in [0.1, 0.15) is 0 Å². The molecule has 0 saturated heterocycles. The molecule has 0 saturated carbocycles. The molecule has 0 aliphatic rings. The number of hydrogen-bond donors (Lipinski definition) is 1. The third kappa shape index (κ3) is 7.31. The lowest BCUT2D eigenvalue weighted by Gasteiger charge is -2.00. The molecule has 0 bridgehead atoms. The van der Waals surface area contributed by atoms with Gasteiger partial charge in [-0.1, -0.05) is 30.3 Å². The van der Waals surface area contributed by atoms with Gasteiger partial charge in [-0.05, 0) is 18.9 Å². The Morgan fingerprint density at radius 3 is 2.43 bits per heavy atom. The first kappa shape index (κ1) is 12.7. The Kier molecular flexibility index (Phi) is 8.80. The van der Waals surface area contributed by atoms with Gasteiger partial charge in [0.05, 0.1) is 6.61 Å². The van der Waals surface area contributed by atoms with Crippen LogP contribution in [-0.2, 0) is 16.0 Å². The second-order valence-electron chi connectivity index (χ2n) is 2.57. The minimum Gasteiger partial charge on any atom is -0.381 e. The monoisotopic (exact) mass is 195 g/mol. The van der Waals surface area contributed by atoms with E-state index in [2.05, 4.69) is 30.0 Å². The molecule has 0 aliphatic heterocycles. The zero-order chi connectivity index (χ0) is 10.6. The van der Waals surface area contributed by atoms with Crippen molar-refractivity contribution in [3.63, 3.8) is 0 Å². The van der Waals surface area contributed by atoms with Crippen LogP contribution in [0.2, 0.25) is 0 Å². The molecule has 0 radical (unpaired) electrons. The predicted octanol–water partition coefficient (Wildman–Crippen LogP) is 1.37. The molecule has 0 fully saturated rings. The summed E-state index contributed by atoms with van der Waals surface area (Å²) in [5, 5.41) is 0. The summed E-state index contributed by atoms with van der Waals surface area (Å²) in [5.41, 5.74) is 5.51. The van der Waals surface area contributed by atoms with E-state index in [1.54, 1.807) is 0 Å². The number of carbonyl (C=O) groups is 1. The van der Waals surface area contributed by atoms with Gasteiger partial charge in [-0.3, -0.25) is 4.79 Å². The molecular formula is C11H17NO2. The fourth-order valence-corrected chi connectivity index (χ4v) is 0.979. The van der Waals surface area contributed by atoms with Crippen molar-refractivity contribution < 1.29 is 9.53 Å². The van der Waals surface area contributed by atoms with Crippen LogP contribution in [0.4, 0.5) is 0 Å². The van der Waals surface area contributed by atoms with Crippen molar-refractivity contribution in [1.29, 1.82) is 0 Å². The minimum absolute atomic E-state index is 0.250. The van der Waals surface area contributed by atoms with Crippen molar-refractivity contribution in [2.75, 3.05) is 13.2 Å². The van der Waals surface area contributed by atoms with E-state index >= 15 is 0 Å². The molecule has 0 unspecified atom stereocenters. The SMILES string of the molecule is CCOCCc1ccccc1.NC=O. The second kappa shape index (κ2) is 9.74. The van der Waals surface area contributed by atoms with E-state index in [1.165, 1.54) is 5.56 Å². The van der Waals surface area contributed by atoms with Gasteiger partial charge in [0.2, 0.25) is 6.41 Å². The molecule has 0 spiro atoms. The number of nitrogens with two attached hydrogens (primary N) is 1. The molecule has 0 aliphatic carbocycles. The topological polar surface area (TPSA) is 52.3 Å². The number of ether oxygens (including phenoxy) is 1. The van der Waals surface area contributed by atoms with Crippen molar-refractivity contribution in [3.8, 4) is 0 Å². The Morgan fingerprint density at radius 2 is 1.93 bits per heavy atom. The molecule has 14 heavy (non-hydrogen) atoms. The summed E-state index contributed by atoms with van der Waals surface area (Å²) in [7, 11) is 0. The molecule has 3 nitrogen and oxygen atoms in total. The number of benzene rings is 1. The summed E-state index contributed by atoms with van der Waals surface area (Å²) >= 11 is 0. The summed E-state index contributed by atoms with van der Waals surface area (Å²) in [4.78, 5) is 8.58. The Hall–Kier alpha value is -1.35. The van der Waals surface area contributed by atoms with E-state index < -0.39 is 0 Å². The van der Waals surface area contributed by atoms with E-state index in [0.29, 0.717) is 0 Å². The highest BCUT2D eigenvalue weighted by Crippen LogP contribution is 1.98. The Balaban J connectivity index is 0.000000500. The molecule has 1 aromatic rings. The molecule has 1 amide bonds. The Bertz CT molecular complexity index is 224. The third-order valence-electron chi connectivity index (χ3n) is 1.58. The van der Waals surface area contributed by atoms with Gasteiger partial charge >= 0.3 is 0 Å². The molecule has 1 rings (SSSR count). The maximum atomic E-state index is 8.58. The smallest absolute Gasteiger partial charge is 0.204 e. The lowest BCUT2D eigenvalue weighted by Crippen LogP contribution is -1.96. The van der Waals surface area contributed by atoms with Gasteiger partial charge in [0, 0.05) is 6.61 Å². The maximum absolute atomic E-state index is 8.58. The van der Waals surface area contributed by atoms with Crippen molar-refractivity contribution in [3.05, 3.63) is 35.9 Å². The zero-order valence-corrected chi connectivity index (χ0v) is 8.48. The van der Waals surface area contributed by atoms with Crippen LogP contribution < -0.4 is 5.73 Å². The molecule has 3 heteroatoms. The van der Waals surface area contributed by atoms with E-state index in [1.807, 2.05) is 13.0 Å². The lowest BCUT2D eigenvalue weighted by atomic mass is 10.2. The van der Waals surface area contributed by atoms with E-state index in [4.69, 9.17) is 9.53 Å². The number of hydrogen-bond acceptors (Lipinski definition) is 2. The van der Waals surface area contributed by atoms with E-state index in [0.717, 1.165) is 19.6 Å². The fourth-order valence-electron chi connectivity index (χ4n) is 0.979. The van der Waals surface area contributed by atoms with Crippen LogP contribution in [0.3, 0.4) is 0 Å². The van der Waals surface area contributed by atoms with Crippen LogP contribution in [0, 0.1) is 0 Å². The van der Waals surface area contributed by atoms with Crippen LogP contribution in [0.25, 0.3) is 0 Å². The summed E-state index contributed by atoms with van der Waals surface area (Å²) in [6.45, 7) is 3.67. The summed E-state index contributed by atoms with van der Waals surface area (Å²) < 4.78 is 5.24. The van der Waals surface area contributed by atoms with Crippen molar-refractivity contribution in [1.82, 2.24) is 0 Å². The maximum Gasteiger partial charge on any atom is 0.204 e. The van der Waals surface area contributed by atoms with Crippen LogP contribution in [-0.4, -0.2) is 19.6 Å². The molecule has 0 aromatic heterocycles. The summed E-state index contributed by atoms with van der Waals surface area (Å²) in [5.74, 6) is 0. The molecule has 0 heterocycles. The molecule has 2 N–H and O–H groups in total. The predicted molar refractivity (Wildman–Crippen MR) is 56.9 cm³/mol. The Morgan fingerprint density at radius 1 is 1.36 bits per heavy atom. The van der Waals surface area contributed by atoms with Crippen molar-refractivity contribution in [2.24, 2.45) is 5.73 Å². The molecule has 1 aromatic carbocycles. The van der Waals surface area contributed by atoms with Gasteiger partial charge in [0.25, 0.3) is 0 Å². The average Bonchev–Trinajstić information content (AvgIpc) is 2.21. The van der Waals surface area contributed by atoms with Crippen LogP contribution in [0.5, 0.6) is 0 Å². The van der Waals surface area contributed by atoms with Crippen molar-refractivity contribution in [2.45, 2.75) is 13.3 Å². The van der Waals surface area contributed by atoms with Gasteiger partial charge in [-0.15, -0.1) is 0 Å². The van der Waals surface area contributed by atoms with Gasteiger partial charge in [-0.25, -0.2) is 0 Å². The van der Waals surface area contributed by atoms with Gasteiger partial charge < -0.3 is 10.5 Å². The number of amides is 1. The minimum atomic E-state index is 0.250. The van der Waals surface area contributed by atoms with Crippen LogP contribution in [0.15, 0.2) is 30.3 Å². The average molecular weight is 195 g/mol. The van der Waals surface area contributed by atoms with Gasteiger partial charge in [0.15, 0.2) is 0 Å². The quantitative estimate of drug-likeness (QED) is 0.582. The van der Waals surface area contributed by atoms with Crippen LogP contribution in [0.1, 0.15) is 12.5 Å². The van der Waals surface area contributed by atoms with E-state index in [9.17, 15) is 0 Å². The first-order valence-electron chi connectivity index (χ1n) is 4.62. The molecule has 78 valence electrons. The van der Waals surface area contributed by atoms with E-state index in [-0.39, 0.29) is 6.41 Å². The number of primary amides is 1. The first-order valence-corrected chi connectivity index (χ1v) is 4.62. The molecular weight excluding hydrogens is 178 g/mol. The van der Waals surface area contributed by atoms with Crippen molar-refractivity contribution >= 4 is 6.41 Å². The highest BCUT2D eigenvalue weighted by Gasteiger charge is 1.89. The Labute approximate surface area is 84.9 Å².